The zero-order chi connectivity index (χ0) is 16.0. The quantitative estimate of drug-likeness (QED) is 0.455. The summed E-state index contributed by atoms with van der Waals surface area (Å²) in [6.07, 6.45) is 0.997. The van der Waals surface area contributed by atoms with Gasteiger partial charge in [0.2, 0.25) is 0 Å². The maximum atomic E-state index is 11.9. The van der Waals surface area contributed by atoms with E-state index in [0.717, 1.165) is 0 Å². The molecule has 1 aromatic carbocycles. The summed E-state index contributed by atoms with van der Waals surface area (Å²) in [6, 6.07) is 4.19. The van der Waals surface area contributed by atoms with Crippen molar-refractivity contribution in [2.45, 2.75) is 26.7 Å². The zero-order valence-electron chi connectivity index (χ0n) is 12.0. The number of nitrogens with one attached hydrogen (secondary N) is 1. The second-order valence-electron chi connectivity index (χ2n) is 4.95. The number of non-ortho nitro benzene ring substituents is 1. The molecule has 1 amide bonds. The van der Waals surface area contributed by atoms with Crippen LogP contribution in [0.1, 0.15) is 35.7 Å². The van der Waals surface area contributed by atoms with Gasteiger partial charge >= 0.3 is 5.97 Å². The third kappa shape index (κ3) is 5.21. The van der Waals surface area contributed by atoms with E-state index in [1.54, 1.807) is 19.9 Å². The van der Waals surface area contributed by atoms with Crippen molar-refractivity contribution in [3.63, 3.8) is 0 Å². The van der Waals surface area contributed by atoms with Gasteiger partial charge in [-0.05, 0) is 31.4 Å². The predicted molar refractivity (Wildman–Crippen MR) is 76.2 cm³/mol. The normalized spacial score (nSPS) is 11.7. The fourth-order valence-electron chi connectivity index (χ4n) is 1.84. The molecule has 1 unspecified atom stereocenters. The smallest absolute Gasteiger partial charge is 0.306 e. The van der Waals surface area contributed by atoms with Crippen LogP contribution in [-0.2, 0) is 4.79 Å². The second kappa shape index (κ2) is 7.37. The average Bonchev–Trinajstić information content (AvgIpc) is 2.42. The van der Waals surface area contributed by atoms with Crippen LogP contribution in [0.15, 0.2) is 18.2 Å². The van der Waals surface area contributed by atoms with Gasteiger partial charge in [-0.3, -0.25) is 19.7 Å². The number of carboxylic acid groups (broad SMARTS) is 1. The van der Waals surface area contributed by atoms with E-state index < -0.39 is 22.7 Å². The molecule has 1 atom stereocenters. The molecule has 0 saturated carbocycles. The topological polar surface area (TPSA) is 110 Å². The van der Waals surface area contributed by atoms with E-state index in [-0.39, 0.29) is 11.3 Å². The highest BCUT2D eigenvalue weighted by atomic mass is 16.6. The molecule has 0 spiro atoms. The first-order chi connectivity index (χ1) is 9.81. The Morgan fingerprint density at radius 3 is 2.62 bits per heavy atom. The van der Waals surface area contributed by atoms with Gasteiger partial charge in [-0.15, -0.1) is 0 Å². The number of carbonyl (C=O) groups excluding carboxylic acids is 1. The van der Waals surface area contributed by atoms with Crippen molar-refractivity contribution in [3.05, 3.63) is 39.4 Å². The zero-order valence-corrected chi connectivity index (χ0v) is 12.0. The van der Waals surface area contributed by atoms with Crippen LogP contribution in [0.4, 0.5) is 5.69 Å². The lowest BCUT2D eigenvalue weighted by Gasteiger charge is -2.08. The lowest BCUT2D eigenvalue weighted by molar-refractivity contribution is -0.384. The molecule has 0 fully saturated rings. The van der Waals surface area contributed by atoms with Crippen molar-refractivity contribution in [3.8, 4) is 0 Å². The molecule has 7 heteroatoms. The van der Waals surface area contributed by atoms with E-state index in [1.165, 1.54) is 12.1 Å². The average molecular weight is 294 g/mol. The molecular weight excluding hydrogens is 276 g/mol. The molecule has 114 valence electrons. The van der Waals surface area contributed by atoms with E-state index in [1.807, 2.05) is 0 Å². The van der Waals surface area contributed by atoms with Crippen LogP contribution in [0.5, 0.6) is 0 Å². The van der Waals surface area contributed by atoms with Gasteiger partial charge < -0.3 is 10.4 Å². The summed E-state index contributed by atoms with van der Waals surface area (Å²) in [4.78, 5) is 32.7. The highest BCUT2D eigenvalue weighted by molar-refractivity contribution is 5.95. The Kier molecular flexibility index (Phi) is 5.83. The summed E-state index contributed by atoms with van der Waals surface area (Å²) in [5.74, 6) is -1.72. The molecule has 0 aliphatic carbocycles. The van der Waals surface area contributed by atoms with Crippen LogP contribution in [0.3, 0.4) is 0 Å². The number of aryl methyl sites for hydroxylation is 1. The lowest BCUT2D eigenvalue weighted by Crippen LogP contribution is -2.25. The lowest BCUT2D eigenvalue weighted by atomic mass is 10.1. The first-order valence-corrected chi connectivity index (χ1v) is 6.58. The predicted octanol–water partition coefficient (Wildman–Crippen LogP) is 2.13. The van der Waals surface area contributed by atoms with Crippen LogP contribution in [0.2, 0.25) is 0 Å². The van der Waals surface area contributed by atoms with Crippen molar-refractivity contribution in [1.82, 2.24) is 5.32 Å². The second-order valence-corrected chi connectivity index (χ2v) is 4.95. The van der Waals surface area contributed by atoms with Crippen molar-refractivity contribution in [2.75, 3.05) is 6.54 Å². The molecule has 0 bridgehead atoms. The maximum absolute atomic E-state index is 11.9. The number of nitrogens with zero attached hydrogens (tertiary/aromatic N) is 1. The van der Waals surface area contributed by atoms with Crippen molar-refractivity contribution in [2.24, 2.45) is 5.92 Å². The number of aliphatic carboxylic acids is 1. The number of nitro groups is 1. The first kappa shape index (κ1) is 16.6. The highest BCUT2D eigenvalue weighted by Gasteiger charge is 2.14. The molecule has 1 rings (SSSR count). The number of nitro benzene ring substituents is 1. The summed E-state index contributed by atoms with van der Waals surface area (Å²) in [6.45, 7) is 3.62. The first-order valence-electron chi connectivity index (χ1n) is 6.58. The minimum Gasteiger partial charge on any atom is -0.481 e. The summed E-state index contributed by atoms with van der Waals surface area (Å²) in [5.41, 5.74) is 0.737. The molecular formula is C14H18N2O5. The number of hydrogen-bond donors (Lipinski definition) is 2. The van der Waals surface area contributed by atoms with E-state index >= 15 is 0 Å². The van der Waals surface area contributed by atoms with Gasteiger partial charge in [0, 0.05) is 24.2 Å². The molecule has 0 heterocycles. The SMILES string of the molecule is Cc1cc(C(=O)NCCCC(C)C(=O)O)cc([N+](=O)[O-])c1. The van der Waals surface area contributed by atoms with Crippen LogP contribution >= 0.6 is 0 Å². The molecule has 0 radical (unpaired) electrons. The number of carbonyl (C=O) groups is 2. The third-order valence-corrected chi connectivity index (χ3v) is 3.06. The van der Waals surface area contributed by atoms with Crippen molar-refractivity contribution >= 4 is 17.6 Å². The van der Waals surface area contributed by atoms with Crippen LogP contribution in [0, 0.1) is 23.0 Å². The summed E-state index contributed by atoms with van der Waals surface area (Å²) in [5, 5.41) is 22.1. The van der Waals surface area contributed by atoms with Gasteiger partial charge in [0.05, 0.1) is 10.8 Å². The van der Waals surface area contributed by atoms with Crippen LogP contribution < -0.4 is 5.32 Å². The number of benzene rings is 1. The Balaban J connectivity index is 2.56. The Hall–Kier alpha value is -2.44. The van der Waals surface area contributed by atoms with Crippen LogP contribution in [0.25, 0.3) is 0 Å². The molecule has 7 nitrogen and oxygen atoms in total. The van der Waals surface area contributed by atoms with Crippen LogP contribution in [-0.4, -0.2) is 28.5 Å². The summed E-state index contributed by atoms with van der Waals surface area (Å²) in [7, 11) is 0. The fourth-order valence-corrected chi connectivity index (χ4v) is 1.84. The van der Waals surface area contributed by atoms with E-state index in [9.17, 15) is 19.7 Å². The highest BCUT2D eigenvalue weighted by Crippen LogP contribution is 2.16. The number of hydrogen-bond acceptors (Lipinski definition) is 4. The van der Waals surface area contributed by atoms with Gasteiger partial charge in [0.1, 0.15) is 0 Å². The molecule has 2 N–H and O–H groups in total. The van der Waals surface area contributed by atoms with E-state index in [2.05, 4.69) is 5.32 Å². The monoisotopic (exact) mass is 294 g/mol. The van der Waals surface area contributed by atoms with Gasteiger partial charge in [-0.2, -0.15) is 0 Å². The van der Waals surface area contributed by atoms with Crippen molar-refractivity contribution < 1.29 is 19.6 Å². The third-order valence-electron chi connectivity index (χ3n) is 3.06. The minimum absolute atomic E-state index is 0.125. The van der Waals surface area contributed by atoms with Gasteiger partial charge in [-0.1, -0.05) is 6.92 Å². The van der Waals surface area contributed by atoms with Gasteiger partial charge in [-0.25, -0.2) is 0 Å². The molecule has 21 heavy (non-hydrogen) atoms. The fraction of sp³-hybridized carbons (Fsp3) is 0.429. The standard InChI is InChI=1S/C14H18N2O5/c1-9-6-11(8-12(7-9)16(20)21)13(17)15-5-3-4-10(2)14(18)19/h6-8,10H,3-5H2,1-2H3,(H,15,17)(H,18,19). The Bertz CT molecular complexity index is 556. The molecule has 0 aromatic heterocycles. The van der Waals surface area contributed by atoms with Gasteiger partial charge in [0.25, 0.3) is 11.6 Å². The van der Waals surface area contributed by atoms with E-state index in [4.69, 9.17) is 5.11 Å². The molecule has 0 aliphatic rings. The molecule has 0 aliphatic heterocycles. The maximum Gasteiger partial charge on any atom is 0.306 e. The van der Waals surface area contributed by atoms with Crippen molar-refractivity contribution in [1.29, 1.82) is 0 Å². The van der Waals surface area contributed by atoms with E-state index in [0.29, 0.717) is 24.9 Å². The Morgan fingerprint density at radius 2 is 2.05 bits per heavy atom. The molecule has 1 aromatic rings. The summed E-state index contributed by atoms with van der Waals surface area (Å²) >= 11 is 0. The Morgan fingerprint density at radius 1 is 1.38 bits per heavy atom. The minimum atomic E-state index is -0.865. The van der Waals surface area contributed by atoms with Gasteiger partial charge in [0.15, 0.2) is 0 Å². The largest absolute Gasteiger partial charge is 0.481 e. The number of amides is 1. The summed E-state index contributed by atoms with van der Waals surface area (Å²) < 4.78 is 0. The Labute approximate surface area is 122 Å². The molecule has 0 saturated heterocycles. The number of rotatable bonds is 7. The number of carboxylic acids is 1.